The molecule has 0 aromatic carbocycles. The van der Waals surface area contributed by atoms with Crippen molar-refractivity contribution in [3.63, 3.8) is 0 Å². The van der Waals surface area contributed by atoms with Crippen LogP contribution in [0.25, 0.3) is 0 Å². The van der Waals surface area contributed by atoms with E-state index in [2.05, 4.69) is 24.1 Å². The summed E-state index contributed by atoms with van der Waals surface area (Å²) in [4.78, 5) is 5.76. The normalized spacial score (nSPS) is 25.6. The average molecular weight is 316 g/mol. The van der Waals surface area contributed by atoms with Crippen LogP contribution in [0.5, 0.6) is 0 Å². The van der Waals surface area contributed by atoms with Gasteiger partial charge in [0.1, 0.15) is 14.8 Å². The highest BCUT2D eigenvalue weighted by atomic mass is 32.2. The smallest absolute Gasteiger partial charge is 0.150 e. The molecule has 1 aliphatic rings. The Morgan fingerprint density at radius 2 is 2.25 bits per heavy atom. The van der Waals surface area contributed by atoms with Crippen LogP contribution in [0.2, 0.25) is 0 Å². The first-order valence-electron chi connectivity index (χ1n) is 7.29. The monoisotopic (exact) mass is 316 g/mol. The highest BCUT2D eigenvalue weighted by molar-refractivity contribution is 7.91. The van der Waals surface area contributed by atoms with Gasteiger partial charge in [-0.2, -0.15) is 0 Å². The summed E-state index contributed by atoms with van der Waals surface area (Å²) in [7, 11) is -2.91. The second kappa shape index (κ2) is 6.54. The van der Waals surface area contributed by atoms with E-state index in [-0.39, 0.29) is 17.3 Å². The molecule has 0 saturated heterocycles. The van der Waals surface area contributed by atoms with E-state index in [4.69, 9.17) is 0 Å². The Bertz CT molecular complexity index is 539. The lowest BCUT2D eigenvalue weighted by atomic mass is 9.94. The predicted octanol–water partition coefficient (Wildman–Crippen LogP) is 2.71. The van der Waals surface area contributed by atoms with Crippen molar-refractivity contribution in [2.24, 2.45) is 0 Å². The molecule has 1 aromatic rings. The Balaban J connectivity index is 1.95. The number of rotatable bonds is 5. The van der Waals surface area contributed by atoms with Crippen LogP contribution in [-0.4, -0.2) is 30.9 Å². The topological polar surface area (TPSA) is 59.1 Å². The highest BCUT2D eigenvalue weighted by Crippen LogP contribution is 2.27. The van der Waals surface area contributed by atoms with Crippen LogP contribution in [0.15, 0.2) is 6.20 Å². The number of aryl methyl sites for hydroxylation is 1. The van der Waals surface area contributed by atoms with Gasteiger partial charge in [-0.15, -0.1) is 11.3 Å². The maximum absolute atomic E-state index is 11.7. The molecule has 3 atom stereocenters. The fraction of sp³-hybridized carbons (Fsp3) is 0.786. The molecule has 0 aliphatic heterocycles. The summed E-state index contributed by atoms with van der Waals surface area (Å²) >= 11 is 1.74. The van der Waals surface area contributed by atoms with E-state index >= 15 is 0 Å². The summed E-state index contributed by atoms with van der Waals surface area (Å²) in [6, 6.07) is 0.482. The van der Waals surface area contributed by atoms with E-state index in [9.17, 15) is 8.42 Å². The van der Waals surface area contributed by atoms with Gasteiger partial charge in [0.2, 0.25) is 0 Å². The van der Waals surface area contributed by atoms with Crippen LogP contribution >= 0.6 is 11.3 Å². The maximum Gasteiger partial charge on any atom is 0.150 e. The first-order chi connectivity index (χ1) is 9.40. The van der Waals surface area contributed by atoms with Gasteiger partial charge in [0.05, 0.1) is 11.3 Å². The molecule has 0 amide bonds. The molecule has 1 N–H and O–H groups in total. The predicted molar refractivity (Wildman–Crippen MR) is 83.9 cm³/mol. The Morgan fingerprint density at radius 3 is 2.85 bits per heavy atom. The van der Waals surface area contributed by atoms with E-state index in [0.717, 1.165) is 37.1 Å². The van der Waals surface area contributed by atoms with Gasteiger partial charge in [0, 0.05) is 23.4 Å². The molecule has 1 aromatic heterocycles. The summed E-state index contributed by atoms with van der Waals surface area (Å²) in [5.41, 5.74) is 0. The van der Waals surface area contributed by atoms with Crippen molar-refractivity contribution in [1.29, 1.82) is 0 Å². The number of hydrogen-bond acceptors (Lipinski definition) is 5. The fourth-order valence-electron chi connectivity index (χ4n) is 2.80. The van der Waals surface area contributed by atoms with Gasteiger partial charge < -0.3 is 5.32 Å². The number of hydrogen-bond donors (Lipinski definition) is 1. The molecule has 2 rings (SSSR count). The molecule has 4 nitrogen and oxygen atoms in total. The molecular weight excluding hydrogens is 292 g/mol. The van der Waals surface area contributed by atoms with Crippen molar-refractivity contribution in [2.75, 3.05) is 6.26 Å². The standard InChI is InChI=1S/C14H24N2O2S2/c1-4-12-9-15-14(19-12)10(2)16-11-6-5-7-13(8-11)20(3,17)18/h9-11,13,16H,4-8H2,1-3H3. The van der Waals surface area contributed by atoms with Crippen LogP contribution in [-0.2, 0) is 16.3 Å². The minimum atomic E-state index is -2.91. The summed E-state index contributed by atoms with van der Waals surface area (Å²) in [5, 5.41) is 4.48. The highest BCUT2D eigenvalue weighted by Gasteiger charge is 2.29. The van der Waals surface area contributed by atoms with Gasteiger partial charge in [0.15, 0.2) is 0 Å². The lowest BCUT2D eigenvalue weighted by Crippen LogP contribution is -2.39. The van der Waals surface area contributed by atoms with E-state index in [0.29, 0.717) is 0 Å². The Hall–Kier alpha value is -0.460. The first kappa shape index (κ1) is 15.9. The zero-order chi connectivity index (χ0) is 14.8. The van der Waals surface area contributed by atoms with Crippen LogP contribution in [0.3, 0.4) is 0 Å². The Morgan fingerprint density at radius 1 is 1.50 bits per heavy atom. The van der Waals surface area contributed by atoms with Crippen LogP contribution in [0.1, 0.15) is 55.5 Å². The van der Waals surface area contributed by atoms with Crippen molar-refractivity contribution >= 4 is 21.2 Å². The first-order valence-corrected chi connectivity index (χ1v) is 10.1. The Labute approximate surface area is 125 Å². The third-order valence-corrected chi connectivity index (χ3v) is 6.97. The number of nitrogens with one attached hydrogen (secondary N) is 1. The molecule has 20 heavy (non-hydrogen) atoms. The van der Waals surface area contributed by atoms with Crippen molar-refractivity contribution in [1.82, 2.24) is 10.3 Å². The van der Waals surface area contributed by atoms with Gasteiger partial charge in [-0.3, -0.25) is 0 Å². The third kappa shape index (κ3) is 4.02. The van der Waals surface area contributed by atoms with Crippen LogP contribution in [0.4, 0.5) is 0 Å². The van der Waals surface area contributed by atoms with E-state index < -0.39 is 9.84 Å². The lowest BCUT2D eigenvalue weighted by Gasteiger charge is -2.30. The van der Waals surface area contributed by atoms with E-state index in [1.165, 1.54) is 11.1 Å². The Kier molecular flexibility index (Phi) is 5.20. The lowest BCUT2D eigenvalue weighted by molar-refractivity contribution is 0.346. The zero-order valence-corrected chi connectivity index (χ0v) is 14.1. The van der Waals surface area contributed by atoms with E-state index in [1.54, 1.807) is 11.3 Å². The maximum atomic E-state index is 11.7. The molecule has 1 heterocycles. The molecule has 114 valence electrons. The summed E-state index contributed by atoms with van der Waals surface area (Å²) in [5.74, 6) is 0. The summed E-state index contributed by atoms with van der Waals surface area (Å²) in [6.45, 7) is 4.25. The minimum Gasteiger partial charge on any atom is -0.305 e. The molecule has 1 saturated carbocycles. The number of aromatic nitrogens is 1. The minimum absolute atomic E-state index is 0.177. The second-order valence-corrected chi connectivity index (χ2v) is 9.19. The zero-order valence-electron chi connectivity index (χ0n) is 12.4. The molecule has 0 spiro atoms. The average Bonchev–Trinajstić information content (AvgIpc) is 2.87. The summed E-state index contributed by atoms with van der Waals surface area (Å²) in [6.07, 6.45) is 7.90. The van der Waals surface area contributed by atoms with Crippen molar-refractivity contribution in [2.45, 2.75) is 63.3 Å². The SMILES string of the molecule is CCc1cnc(C(C)NC2CCCC(S(C)(=O)=O)C2)s1. The second-order valence-electron chi connectivity index (χ2n) is 5.72. The van der Waals surface area contributed by atoms with Crippen LogP contribution < -0.4 is 5.32 Å². The van der Waals surface area contributed by atoms with Gasteiger partial charge in [-0.05, 0) is 32.6 Å². The quantitative estimate of drug-likeness (QED) is 0.907. The van der Waals surface area contributed by atoms with Gasteiger partial charge in [-0.1, -0.05) is 13.3 Å². The van der Waals surface area contributed by atoms with Gasteiger partial charge in [0.25, 0.3) is 0 Å². The molecule has 1 fully saturated rings. The third-order valence-electron chi connectivity index (χ3n) is 4.01. The van der Waals surface area contributed by atoms with Gasteiger partial charge in [-0.25, -0.2) is 13.4 Å². The molecular formula is C14H24N2O2S2. The van der Waals surface area contributed by atoms with Crippen molar-refractivity contribution < 1.29 is 8.42 Å². The molecule has 6 heteroatoms. The summed E-state index contributed by atoms with van der Waals surface area (Å²) < 4.78 is 23.4. The number of sulfone groups is 1. The van der Waals surface area contributed by atoms with Crippen molar-refractivity contribution in [3.8, 4) is 0 Å². The number of thiazole rings is 1. The fourth-order valence-corrected chi connectivity index (χ4v) is 4.84. The molecule has 1 aliphatic carbocycles. The number of nitrogens with zero attached hydrogens (tertiary/aromatic N) is 1. The van der Waals surface area contributed by atoms with Crippen LogP contribution in [0, 0.1) is 0 Å². The van der Waals surface area contributed by atoms with Gasteiger partial charge >= 0.3 is 0 Å². The van der Waals surface area contributed by atoms with Crippen molar-refractivity contribution in [3.05, 3.63) is 16.1 Å². The molecule has 0 bridgehead atoms. The molecule has 0 radical (unpaired) electrons. The molecule has 3 unspecified atom stereocenters. The van der Waals surface area contributed by atoms with E-state index in [1.807, 2.05) is 6.20 Å². The largest absolute Gasteiger partial charge is 0.305 e.